The molecule has 0 amide bonds. The molecule has 0 unspecified atom stereocenters. The van der Waals surface area contributed by atoms with Gasteiger partial charge in [0.1, 0.15) is 6.61 Å². The molecular formula is C8H15N3O2S. The van der Waals surface area contributed by atoms with Crippen LogP contribution in [0.3, 0.4) is 0 Å². The Balaban J connectivity index is 2.28. The minimum absolute atomic E-state index is 0.168. The predicted molar refractivity (Wildman–Crippen MR) is 54.3 cm³/mol. The Labute approximate surface area is 87.3 Å². The second-order valence-electron chi connectivity index (χ2n) is 3.32. The molecule has 5 nitrogen and oxygen atoms in total. The maximum atomic E-state index is 4.88. The number of aromatic nitrogens is 2. The predicted octanol–water partition coefficient (Wildman–Crippen LogP) is 1.35. The van der Waals surface area contributed by atoms with Gasteiger partial charge in [0.15, 0.2) is 5.82 Å². The van der Waals surface area contributed by atoms with Gasteiger partial charge in [-0.2, -0.15) is 16.7 Å². The molecule has 0 saturated carbocycles. The van der Waals surface area contributed by atoms with Crippen molar-refractivity contribution in [3.63, 3.8) is 0 Å². The van der Waals surface area contributed by atoms with Crippen molar-refractivity contribution in [1.82, 2.24) is 10.1 Å². The van der Waals surface area contributed by atoms with E-state index in [-0.39, 0.29) is 6.61 Å². The summed E-state index contributed by atoms with van der Waals surface area (Å²) in [6.07, 6.45) is 0. The van der Waals surface area contributed by atoms with Crippen molar-refractivity contribution in [2.24, 2.45) is 11.8 Å². The van der Waals surface area contributed by atoms with Gasteiger partial charge in [0.25, 0.3) is 5.89 Å². The maximum Gasteiger partial charge on any atom is 0.254 e. The Morgan fingerprint density at radius 3 is 3.00 bits per heavy atom. The number of thioether (sulfide) groups is 1. The van der Waals surface area contributed by atoms with Gasteiger partial charge in [-0.05, 0) is 11.7 Å². The zero-order valence-electron chi connectivity index (χ0n) is 8.40. The number of rotatable bonds is 6. The van der Waals surface area contributed by atoms with Crippen LogP contribution in [-0.4, -0.2) is 15.9 Å². The van der Waals surface area contributed by atoms with Crippen molar-refractivity contribution in [3.05, 3.63) is 11.7 Å². The van der Waals surface area contributed by atoms with E-state index in [1.165, 1.54) is 0 Å². The van der Waals surface area contributed by atoms with Crippen molar-refractivity contribution in [2.45, 2.75) is 26.2 Å². The van der Waals surface area contributed by atoms with Gasteiger partial charge in [0.2, 0.25) is 0 Å². The molecule has 0 spiro atoms. The lowest BCUT2D eigenvalue weighted by atomic mass is 10.3. The molecule has 0 aromatic carbocycles. The van der Waals surface area contributed by atoms with Crippen LogP contribution < -0.4 is 5.90 Å². The van der Waals surface area contributed by atoms with Gasteiger partial charge in [-0.25, -0.2) is 5.90 Å². The summed E-state index contributed by atoms with van der Waals surface area (Å²) in [4.78, 5) is 8.47. The fraction of sp³-hybridized carbons (Fsp3) is 0.750. The Kier molecular flexibility index (Phi) is 4.92. The first-order valence-electron chi connectivity index (χ1n) is 4.43. The summed E-state index contributed by atoms with van der Waals surface area (Å²) in [6.45, 7) is 4.52. The first kappa shape index (κ1) is 11.5. The molecule has 0 aliphatic heterocycles. The van der Waals surface area contributed by atoms with Crippen LogP contribution in [0.25, 0.3) is 0 Å². The molecule has 14 heavy (non-hydrogen) atoms. The summed E-state index contributed by atoms with van der Waals surface area (Å²) >= 11 is 1.79. The molecule has 6 heteroatoms. The highest BCUT2D eigenvalue weighted by atomic mass is 32.2. The third-order valence-electron chi connectivity index (χ3n) is 1.40. The van der Waals surface area contributed by atoms with Gasteiger partial charge in [-0.15, -0.1) is 0 Å². The molecule has 0 fully saturated rings. The van der Waals surface area contributed by atoms with E-state index in [2.05, 4.69) is 28.8 Å². The third kappa shape index (κ3) is 4.08. The Morgan fingerprint density at radius 2 is 2.36 bits per heavy atom. The first-order chi connectivity index (χ1) is 6.72. The molecule has 2 N–H and O–H groups in total. The summed E-state index contributed by atoms with van der Waals surface area (Å²) in [5.41, 5.74) is 0. The largest absolute Gasteiger partial charge is 0.337 e. The molecule has 0 aliphatic carbocycles. The smallest absolute Gasteiger partial charge is 0.254 e. The summed E-state index contributed by atoms with van der Waals surface area (Å²) < 4.78 is 4.88. The van der Waals surface area contributed by atoms with Crippen LogP contribution in [0, 0.1) is 5.92 Å². The number of nitrogens with two attached hydrogens (primary N) is 1. The van der Waals surface area contributed by atoms with E-state index in [9.17, 15) is 0 Å². The molecule has 80 valence electrons. The quantitative estimate of drug-likeness (QED) is 0.725. The lowest BCUT2D eigenvalue weighted by Gasteiger charge is -2.00. The highest BCUT2D eigenvalue weighted by molar-refractivity contribution is 7.98. The average Bonchev–Trinajstić information content (AvgIpc) is 2.53. The SMILES string of the molecule is CC(C)CSCc1noc(CON)n1. The van der Waals surface area contributed by atoms with E-state index < -0.39 is 0 Å². The normalized spacial score (nSPS) is 11.1. The maximum absolute atomic E-state index is 4.88. The zero-order valence-corrected chi connectivity index (χ0v) is 9.21. The van der Waals surface area contributed by atoms with Gasteiger partial charge in [-0.1, -0.05) is 19.0 Å². The third-order valence-corrected chi connectivity index (χ3v) is 2.76. The van der Waals surface area contributed by atoms with Crippen molar-refractivity contribution in [1.29, 1.82) is 0 Å². The summed E-state index contributed by atoms with van der Waals surface area (Å²) in [7, 11) is 0. The van der Waals surface area contributed by atoms with E-state index >= 15 is 0 Å². The standard InChI is InChI=1S/C8H15N3O2S/c1-6(2)4-14-5-7-10-8(3-12-9)13-11-7/h6H,3-5,9H2,1-2H3. The van der Waals surface area contributed by atoms with Crippen LogP contribution >= 0.6 is 11.8 Å². The fourth-order valence-electron chi connectivity index (χ4n) is 0.865. The van der Waals surface area contributed by atoms with E-state index in [4.69, 9.17) is 10.4 Å². The van der Waals surface area contributed by atoms with Crippen LogP contribution in [0.2, 0.25) is 0 Å². The van der Waals surface area contributed by atoms with E-state index in [1.807, 2.05) is 0 Å². The highest BCUT2D eigenvalue weighted by Gasteiger charge is 2.06. The molecule has 0 bridgehead atoms. The topological polar surface area (TPSA) is 74.2 Å². The lowest BCUT2D eigenvalue weighted by molar-refractivity contribution is 0.0995. The molecule has 0 aliphatic rings. The van der Waals surface area contributed by atoms with Gasteiger partial charge in [-0.3, -0.25) is 4.84 Å². The molecule has 1 aromatic heterocycles. The van der Waals surface area contributed by atoms with Crippen LogP contribution in [-0.2, 0) is 17.2 Å². The summed E-state index contributed by atoms with van der Waals surface area (Å²) in [5, 5.41) is 3.79. The molecule has 1 aromatic rings. The molecule has 0 saturated heterocycles. The van der Waals surface area contributed by atoms with Crippen molar-refractivity contribution in [2.75, 3.05) is 5.75 Å². The van der Waals surface area contributed by atoms with Crippen molar-refractivity contribution >= 4 is 11.8 Å². The number of hydrogen-bond donors (Lipinski definition) is 1. The van der Waals surface area contributed by atoms with Gasteiger partial charge in [0, 0.05) is 0 Å². The van der Waals surface area contributed by atoms with Gasteiger partial charge in [0.05, 0.1) is 5.75 Å². The molecule has 1 rings (SSSR count). The second kappa shape index (κ2) is 6.00. The van der Waals surface area contributed by atoms with Crippen LogP contribution in [0.4, 0.5) is 0 Å². The van der Waals surface area contributed by atoms with Crippen molar-refractivity contribution in [3.8, 4) is 0 Å². The van der Waals surface area contributed by atoms with E-state index in [0.29, 0.717) is 17.6 Å². The monoisotopic (exact) mass is 217 g/mol. The minimum Gasteiger partial charge on any atom is -0.337 e. The fourth-order valence-corrected chi connectivity index (χ4v) is 1.75. The van der Waals surface area contributed by atoms with Crippen molar-refractivity contribution < 1.29 is 9.36 Å². The molecule has 0 atom stereocenters. The Hall–Kier alpha value is -0.590. The van der Waals surface area contributed by atoms with Crippen LogP contribution in [0.15, 0.2) is 4.52 Å². The van der Waals surface area contributed by atoms with E-state index in [0.717, 1.165) is 11.5 Å². The summed E-state index contributed by atoms with van der Waals surface area (Å²) in [6, 6.07) is 0. The van der Waals surface area contributed by atoms with Gasteiger partial charge < -0.3 is 4.52 Å². The first-order valence-corrected chi connectivity index (χ1v) is 5.58. The highest BCUT2D eigenvalue weighted by Crippen LogP contribution is 2.13. The molecule has 1 heterocycles. The molecule has 0 radical (unpaired) electrons. The van der Waals surface area contributed by atoms with Gasteiger partial charge >= 0.3 is 0 Å². The Morgan fingerprint density at radius 1 is 1.57 bits per heavy atom. The molecular weight excluding hydrogens is 202 g/mol. The average molecular weight is 217 g/mol. The lowest BCUT2D eigenvalue weighted by Crippen LogP contribution is -1.99. The van der Waals surface area contributed by atoms with Crippen LogP contribution in [0.1, 0.15) is 25.6 Å². The van der Waals surface area contributed by atoms with E-state index in [1.54, 1.807) is 11.8 Å². The minimum atomic E-state index is 0.168. The summed E-state index contributed by atoms with van der Waals surface area (Å²) in [5.74, 6) is 8.54. The number of nitrogens with zero attached hydrogens (tertiary/aromatic N) is 2. The Bertz CT molecular complexity index is 265. The second-order valence-corrected chi connectivity index (χ2v) is 4.35. The number of hydrogen-bond acceptors (Lipinski definition) is 6. The van der Waals surface area contributed by atoms with Crippen LogP contribution in [0.5, 0.6) is 0 Å². The zero-order chi connectivity index (χ0) is 10.4.